The molecule has 2 aromatic heterocycles. The van der Waals surface area contributed by atoms with E-state index in [1.807, 2.05) is 25.6 Å². The summed E-state index contributed by atoms with van der Waals surface area (Å²) < 4.78 is 1.78. The van der Waals surface area contributed by atoms with Crippen LogP contribution in [0.5, 0.6) is 0 Å². The van der Waals surface area contributed by atoms with Crippen LogP contribution in [0.3, 0.4) is 0 Å². The molecule has 0 saturated heterocycles. The number of nitrogens with zero attached hydrogens (tertiary/aromatic N) is 4. The third kappa shape index (κ3) is 3.00. The Kier molecular flexibility index (Phi) is 4.06. The highest BCUT2D eigenvalue weighted by atomic mass is 32.2. The molecule has 0 atom stereocenters. The second-order valence-electron chi connectivity index (χ2n) is 4.73. The van der Waals surface area contributed by atoms with Gasteiger partial charge < -0.3 is 5.32 Å². The van der Waals surface area contributed by atoms with Gasteiger partial charge in [0, 0.05) is 13.6 Å². The van der Waals surface area contributed by atoms with Crippen LogP contribution in [0.25, 0.3) is 11.0 Å². The summed E-state index contributed by atoms with van der Waals surface area (Å²) in [5, 5.41) is 9.39. The van der Waals surface area contributed by atoms with E-state index in [1.54, 1.807) is 4.68 Å². The van der Waals surface area contributed by atoms with Gasteiger partial charge in [-0.3, -0.25) is 4.68 Å². The molecule has 0 spiro atoms. The highest BCUT2D eigenvalue weighted by Crippen LogP contribution is 2.22. The van der Waals surface area contributed by atoms with Crippen molar-refractivity contribution >= 4 is 28.6 Å². The number of rotatable bonds is 5. The molecule has 3 rings (SSSR count). The minimum atomic E-state index is 0.758. The molecule has 0 aliphatic heterocycles. The molecule has 3 aromatic rings. The zero-order valence-electron chi connectivity index (χ0n) is 12.1. The minimum absolute atomic E-state index is 0.758. The zero-order valence-corrected chi connectivity index (χ0v) is 12.9. The lowest BCUT2D eigenvalue weighted by atomic mass is 10.1. The predicted octanol–water partition coefficient (Wildman–Crippen LogP) is 2.74. The Hall–Kier alpha value is -2.08. The van der Waals surface area contributed by atoms with E-state index in [2.05, 4.69) is 44.6 Å². The Morgan fingerprint density at radius 1 is 1.19 bits per heavy atom. The van der Waals surface area contributed by atoms with Crippen LogP contribution in [0.15, 0.2) is 41.7 Å². The molecule has 0 unspecified atom stereocenters. The first-order valence-corrected chi connectivity index (χ1v) is 8.02. The van der Waals surface area contributed by atoms with Gasteiger partial charge in [-0.05, 0) is 18.2 Å². The Morgan fingerprint density at radius 2 is 2.00 bits per heavy atom. The van der Waals surface area contributed by atoms with Crippen LogP contribution in [0, 0.1) is 0 Å². The first-order valence-electron chi connectivity index (χ1n) is 6.79. The molecule has 6 heteroatoms. The molecular weight excluding hydrogens is 282 g/mol. The second kappa shape index (κ2) is 6.13. The van der Waals surface area contributed by atoms with Crippen molar-refractivity contribution < 1.29 is 0 Å². The predicted molar refractivity (Wildman–Crippen MR) is 86.7 cm³/mol. The van der Waals surface area contributed by atoms with Crippen LogP contribution in [-0.2, 0) is 13.5 Å². The number of aryl methyl sites for hydroxylation is 1. The summed E-state index contributed by atoms with van der Waals surface area (Å²) in [7, 11) is 1.90. The third-order valence-corrected chi connectivity index (χ3v) is 3.85. The van der Waals surface area contributed by atoms with Crippen LogP contribution >= 0.6 is 11.8 Å². The van der Waals surface area contributed by atoms with Gasteiger partial charge in [-0.25, -0.2) is 9.97 Å². The van der Waals surface area contributed by atoms with E-state index >= 15 is 0 Å². The molecule has 0 aliphatic rings. The maximum Gasteiger partial charge on any atom is 0.191 e. The molecule has 21 heavy (non-hydrogen) atoms. The monoisotopic (exact) mass is 299 g/mol. The second-order valence-corrected chi connectivity index (χ2v) is 5.50. The molecule has 0 saturated carbocycles. The lowest BCUT2D eigenvalue weighted by molar-refractivity contribution is 0.777. The van der Waals surface area contributed by atoms with Gasteiger partial charge in [0.05, 0.1) is 11.6 Å². The molecule has 0 radical (unpaired) electrons. The van der Waals surface area contributed by atoms with Crippen molar-refractivity contribution in [3.8, 4) is 0 Å². The third-order valence-electron chi connectivity index (χ3n) is 3.30. The van der Waals surface area contributed by atoms with Crippen molar-refractivity contribution in [1.29, 1.82) is 0 Å². The molecule has 1 aromatic carbocycles. The van der Waals surface area contributed by atoms with Gasteiger partial charge in [0.1, 0.15) is 5.82 Å². The summed E-state index contributed by atoms with van der Waals surface area (Å²) >= 11 is 1.54. The normalized spacial score (nSPS) is 11.0. The van der Waals surface area contributed by atoms with Crippen molar-refractivity contribution in [3.63, 3.8) is 0 Å². The van der Waals surface area contributed by atoms with Gasteiger partial charge in [-0.1, -0.05) is 42.1 Å². The van der Waals surface area contributed by atoms with Crippen LogP contribution in [0.1, 0.15) is 5.56 Å². The summed E-state index contributed by atoms with van der Waals surface area (Å²) in [6, 6.07) is 10.4. The van der Waals surface area contributed by atoms with Gasteiger partial charge in [0.2, 0.25) is 0 Å². The highest BCUT2D eigenvalue weighted by molar-refractivity contribution is 7.98. The number of fused-ring (bicyclic) bond motifs is 1. The summed E-state index contributed by atoms with van der Waals surface area (Å²) in [5.41, 5.74) is 2.17. The Bertz CT molecular complexity index is 738. The van der Waals surface area contributed by atoms with E-state index in [4.69, 9.17) is 0 Å². The fraction of sp³-hybridized carbons (Fsp3) is 0.267. The van der Waals surface area contributed by atoms with Gasteiger partial charge in [0.25, 0.3) is 0 Å². The van der Waals surface area contributed by atoms with E-state index in [9.17, 15) is 0 Å². The Balaban J connectivity index is 1.80. The number of hydrogen-bond donors (Lipinski definition) is 1. The van der Waals surface area contributed by atoms with Gasteiger partial charge in [0.15, 0.2) is 10.8 Å². The van der Waals surface area contributed by atoms with Crippen LogP contribution in [0.4, 0.5) is 5.82 Å². The van der Waals surface area contributed by atoms with Gasteiger partial charge >= 0.3 is 0 Å². The summed E-state index contributed by atoms with van der Waals surface area (Å²) in [6.07, 6.45) is 4.75. The quantitative estimate of drug-likeness (QED) is 0.580. The SMILES string of the molecule is CSc1nc(NCCc2ccccc2)c2cnn(C)c2n1. The summed E-state index contributed by atoms with van der Waals surface area (Å²) in [6.45, 7) is 0.832. The Morgan fingerprint density at radius 3 is 2.76 bits per heavy atom. The van der Waals surface area contributed by atoms with Crippen molar-refractivity contribution in [3.05, 3.63) is 42.1 Å². The molecule has 0 bridgehead atoms. The van der Waals surface area contributed by atoms with Crippen LogP contribution < -0.4 is 5.32 Å². The number of thioether (sulfide) groups is 1. The number of nitrogens with one attached hydrogen (secondary N) is 1. The highest BCUT2D eigenvalue weighted by Gasteiger charge is 2.10. The fourth-order valence-electron chi connectivity index (χ4n) is 2.20. The smallest absolute Gasteiger partial charge is 0.191 e. The lowest BCUT2D eigenvalue weighted by Crippen LogP contribution is -2.08. The van der Waals surface area contributed by atoms with E-state index < -0.39 is 0 Å². The lowest BCUT2D eigenvalue weighted by Gasteiger charge is -2.08. The zero-order chi connectivity index (χ0) is 14.7. The van der Waals surface area contributed by atoms with Crippen molar-refractivity contribution in [2.75, 3.05) is 18.1 Å². The van der Waals surface area contributed by atoms with Crippen molar-refractivity contribution in [1.82, 2.24) is 19.7 Å². The Labute approximate surface area is 127 Å². The standard InChI is InChI=1S/C15H17N5S/c1-20-14-12(10-17-20)13(18-15(19-14)21-2)16-9-8-11-6-4-3-5-7-11/h3-7,10H,8-9H2,1-2H3,(H,16,18,19). The van der Waals surface area contributed by atoms with Crippen LogP contribution in [-0.4, -0.2) is 32.5 Å². The number of aromatic nitrogens is 4. The fourth-order valence-corrected chi connectivity index (χ4v) is 2.56. The summed E-state index contributed by atoms with van der Waals surface area (Å²) in [5.74, 6) is 0.855. The number of hydrogen-bond acceptors (Lipinski definition) is 5. The van der Waals surface area contributed by atoms with E-state index in [0.717, 1.165) is 35.0 Å². The molecule has 1 N–H and O–H groups in total. The molecule has 0 aliphatic carbocycles. The average molecular weight is 299 g/mol. The first kappa shape index (κ1) is 13.9. The largest absolute Gasteiger partial charge is 0.369 e. The molecule has 5 nitrogen and oxygen atoms in total. The molecule has 0 fully saturated rings. The molecule has 0 amide bonds. The topological polar surface area (TPSA) is 55.6 Å². The maximum absolute atomic E-state index is 4.55. The molecule has 108 valence electrons. The number of anilines is 1. The average Bonchev–Trinajstić information content (AvgIpc) is 2.90. The first-order chi connectivity index (χ1) is 10.3. The van der Waals surface area contributed by atoms with Crippen LogP contribution in [0.2, 0.25) is 0 Å². The molecular formula is C15H17N5S. The molecule has 2 heterocycles. The van der Waals surface area contributed by atoms with E-state index in [1.165, 1.54) is 17.3 Å². The maximum atomic E-state index is 4.55. The van der Waals surface area contributed by atoms with E-state index in [-0.39, 0.29) is 0 Å². The van der Waals surface area contributed by atoms with Gasteiger partial charge in [-0.15, -0.1) is 0 Å². The number of benzene rings is 1. The summed E-state index contributed by atoms with van der Waals surface area (Å²) in [4.78, 5) is 9.04. The van der Waals surface area contributed by atoms with Gasteiger partial charge in [-0.2, -0.15) is 5.10 Å². The van der Waals surface area contributed by atoms with E-state index in [0.29, 0.717) is 0 Å². The van der Waals surface area contributed by atoms with Crippen molar-refractivity contribution in [2.24, 2.45) is 7.05 Å². The van der Waals surface area contributed by atoms with Crippen molar-refractivity contribution in [2.45, 2.75) is 11.6 Å². The minimum Gasteiger partial charge on any atom is -0.369 e.